The van der Waals surface area contributed by atoms with Crippen molar-refractivity contribution in [2.45, 2.75) is 6.92 Å². The molecule has 1 amide bonds. The predicted molar refractivity (Wildman–Crippen MR) is 92.1 cm³/mol. The van der Waals surface area contributed by atoms with Crippen molar-refractivity contribution in [1.82, 2.24) is 5.43 Å². The lowest BCUT2D eigenvalue weighted by atomic mass is 10.2. The first-order valence-electron chi connectivity index (χ1n) is 7.34. The van der Waals surface area contributed by atoms with E-state index in [-0.39, 0.29) is 11.4 Å². The van der Waals surface area contributed by atoms with Crippen LogP contribution < -0.4 is 14.9 Å². The Morgan fingerprint density at radius 3 is 2.76 bits per heavy atom. The van der Waals surface area contributed by atoms with Crippen LogP contribution in [0.1, 0.15) is 11.1 Å². The number of benzene rings is 2. The molecular formula is C17H17N3O5. The van der Waals surface area contributed by atoms with Gasteiger partial charge in [-0.3, -0.25) is 14.9 Å². The second-order valence-corrected chi connectivity index (χ2v) is 5.05. The molecule has 0 aliphatic heterocycles. The fraction of sp³-hybridized carbons (Fsp3) is 0.176. The maximum absolute atomic E-state index is 11.8. The van der Waals surface area contributed by atoms with Gasteiger partial charge in [0.15, 0.2) is 12.4 Å². The summed E-state index contributed by atoms with van der Waals surface area (Å²) in [5.41, 5.74) is 3.52. The quantitative estimate of drug-likeness (QED) is 0.472. The van der Waals surface area contributed by atoms with E-state index in [0.717, 1.165) is 5.56 Å². The molecule has 0 spiro atoms. The number of ether oxygens (including phenoxy) is 2. The lowest BCUT2D eigenvalue weighted by molar-refractivity contribution is -0.385. The number of hydrogen-bond acceptors (Lipinski definition) is 6. The average Bonchev–Trinajstić information content (AvgIpc) is 2.61. The van der Waals surface area contributed by atoms with Gasteiger partial charge in [-0.15, -0.1) is 0 Å². The average molecular weight is 343 g/mol. The Balaban J connectivity index is 1.93. The van der Waals surface area contributed by atoms with E-state index >= 15 is 0 Å². The van der Waals surface area contributed by atoms with Crippen molar-refractivity contribution >= 4 is 17.8 Å². The number of hydrazone groups is 1. The van der Waals surface area contributed by atoms with Crippen LogP contribution in [0.4, 0.5) is 5.69 Å². The number of methoxy groups -OCH3 is 1. The first-order chi connectivity index (χ1) is 12.0. The summed E-state index contributed by atoms with van der Waals surface area (Å²) in [7, 11) is 1.54. The second kappa shape index (κ2) is 8.44. The molecule has 0 aliphatic rings. The number of nitrogens with zero attached hydrogens (tertiary/aromatic N) is 2. The Hall–Kier alpha value is -3.42. The fourth-order valence-corrected chi connectivity index (χ4v) is 2.01. The molecule has 0 fully saturated rings. The molecule has 130 valence electrons. The Bertz CT molecular complexity index is 805. The minimum atomic E-state index is -0.555. The lowest BCUT2D eigenvalue weighted by Gasteiger charge is -2.06. The van der Waals surface area contributed by atoms with Crippen LogP contribution in [-0.2, 0) is 4.79 Å². The van der Waals surface area contributed by atoms with Gasteiger partial charge >= 0.3 is 5.69 Å². The van der Waals surface area contributed by atoms with E-state index in [4.69, 9.17) is 9.47 Å². The third-order valence-electron chi connectivity index (χ3n) is 3.20. The van der Waals surface area contributed by atoms with Gasteiger partial charge in [-0.1, -0.05) is 18.2 Å². The van der Waals surface area contributed by atoms with Crippen LogP contribution in [0.15, 0.2) is 47.6 Å². The summed E-state index contributed by atoms with van der Waals surface area (Å²) in [6.07, 6.45) is 1.44. The summed E-state index contributed by atoms with van der Waals surface area (Å²) in [4.78, 5) is 22.2. The van der Waals surface area contributed by atoms with Crippen LogP contribution in [0.25, 0.3) is 0 Å². The highest BCUT2D eigenvalue weighted by atomic mass is 16.6. The van der Waals surface area contributed by atoms with Crippen molar-refractivity contribution in [3.63, 3.8) is 0 Å². The molecule has 0 atom stereocenters. The van der Waals surface area contributed by atoms with Gasteiger partial charge < -0.3 is 9.47 Å². The maximum atomic E-state index is 11.8. The highest BCUT2D eigenvalue weighted by molar-refractivity contribution is 5.85. The van der Waals surface area contributed by atoms with Gasteiger partial charge in [-0.05, 0) is 30.7 Å². The number of nitro groups is 1. The second-order valence-electron chi connectivity index (χ2n) is 5.05. The smallest absolute Gasteiger partial charge is 0.311 e. The minimum absolute atomic E-state index is 0.0273. The lowest BCUT2D eigenvalue weighted by Crippen LogP contribution is -2.24. The number of para-hydroxylation sites is 1. The topological polar surface area (TPSA) is 103 Å². The van der Waals surface area contributed by atoms with E-state index in [1.165, 1.54) is 25.5 Å². The molecule has 0 aromatic heterocycles. The van der Waals surface area contributed by atoms with Gasteiger partial charge in [-0.25, -0.2) is 5.43 Å². The van der Waals surface area contributed by atoms with Crippen molar-refractivity contribution in [2.75, 3.05) is 13.7 Å². The summed E-state index contributed by atoms with van der Waals surface area (Å²) in [6, 6.07) is 11.7. The highest BCUT2D eigenvalue weighted by Gasteiger charge is 2.16. The summed E-state index contributed by atoms with van der Waals surface area (Å²) < 4.78 is 10.4. The van der Waals surface area contributed by atoms with E-state index in [9.17, 15) is 14.9 Å². The monoisotopic (exact) mass is 343 g/mol. The zero-order valence-electron chi connectivity index (χ0n) is 13.8. The Labute approximate surface area is 144 Å². The molecule has 0 saturated heterocycles. The molecule has 2 aromatic carbocycles. The molecule has 8 nitrogen and oxygen atoms in total. The van der Waals surface area contributed by atoms with Crippen LogP contribution in [0.2, 0.25) is 0 Å². The van der Waals surface area contributed by atoms with Crippen molar-refractivity contribution in [1.29, 1.82) is 0 Å². The zero-order chi connectivity index (χ0) is 18.2. The van der Waals surface area contributed by atoms with E-state index in [1.807, 2.05) is 12.1 Å². The predicted octanol–water partition coefficient (Wildman–Crippen LogP) is 2.44. The summed E-state index contributed by atoms with van der Waals surface area (Å²) in [6.45, 7) is 1.34. The molecule has 25 heavy (non-hydrogen) atoms. The number of nitrogens with one attached hydrogen (secondary N) is 1. The Morgan fingerprint density at radius 2 is 2.04 bits per heavy atom. The van der Waals surface area contributed by atoms with Crippen LogP contribution in [0.3, 0.4) is 0 Å². The van der Waals surface area contributed by atoms with Crippen molar-refractivity contribution in [3.8, 4) is 11.5 Å². The summed E-state index contributed by atoms with van der Waals surface area (Å²) in [5.74, 6) is 0.104. The molecule has 2 aromatic rings. The number of carbonyl (C=O) groups excluding carboxylic acids is 1. The SMILES string of the molecule is COc1ccccc1C=NNC(=O)COc1ccc(C)cc1[N+](=O)[O-]. The van der Waals surface area contributed by atoms with Gasteiger partial charge in [0.25, 0.3) is 5.91 Å². The van der Waals surface area contributed by atoms with Gasteiger partial charge in [0.1, 0.15) is 5.75 Å². The number of aryl methyl sites for hydroxylation is 1. The zero-order valence-corrected chi connectivity index (χ0v) is 13.8. The molecule has 0 radical (unpaired) electrons. The van der Waals surface area contributed by atoms with E-state index in [0.29, 0.717) is 11.3 Å². The van der Waals surface area contributed by atoms with Crippen LogP contribution in [-0.4, -0.2) is 30.8 Å². The van der Waals surface area contributed by atoms with Crippen LogP contribution in [0, 0.1) is 17.0 Å². The Morgan fingerprint density at radius 1 is 1.28 bits per heavy atom. The summed E-state index contributed by atoms with van der Waals surface area (Å²) >= 11 is 0. The van der Waals surface area contributed by atoms with Crippen LogP contribution in [0.5, 0.6) is 11.5 Å². The number of nitro benzene ring substituents is 1. The molecule has 0 unspecified atom stereocenters. The normalized spacial score (nSPS) is 10.5. The number of carbonyl (C=O) groups is 1. The third-order valence-corrected chi connectivity index (χ3v) is 3.20. The third kappa shape index (κ3) is 5.03. The molecule has 0 bridgehead atoms. The molecule has 0 aliphatic carbocycles. The van der Waals surface area contributed by atoms with Crippen molar-refractivity contribution in [2.24, 2.45) is 5.10 Å². The first kappa shape index (κ1) is 17.9. The summed E-state index contributed by atoms with van der Waals surface area (Å²) in [5, 5.41) is 14.8. The van der Waals surface area contributed by atoms with Gasteiger partial charge in [0, 0.05) is 11.6 Å². The number of amides is 1. The standard InChI is InChI=1S/C17H17N3O5/c1-12-7-8-16(14(9-12)20(22)23)25-11-17(21)19-18-10-13-5-3-4-6-15(13)24-2/h3-10H,11H2,1-2H3,(H,19,21). The molecular weight excluding hydrogens is 326 g/mol. The number of hydrogen-bond donors (Lipinski definition) is 1. The van der Waals surface area contributed by atoms with Crippen molar-refractivity contribution < 1.29 is 19.2 Å². The number of rotatable bonds is 7. The van der Waals surface area contributed by atoms with Crippen molar-refractivity contribution in [3.05, 3.63) is 63.7 Å². The highest BCUT2D eigenvalue weighted by Crippen LogP contribution is 2.27. The largest absolute Gasteiger partial charge is 0.496 e. The molecule has 0 heterocycles. The Kier molecular flexibility index (Phi) is 6.05. The minimum Gasteiger partial charge on any atom is -0.496 e. The molecule has 0 saturated carbocycles. The molecule has 2 rings (SSSR count). The molecule has 8 heteroatoms. The maximum Gasteiger partial charge on any atom is 0.311 e. The van der Waals surface area contributed by atoms with Gasteiger partial charge in [0.05, 0.1) is 18.2 Å². The van der Waals surface area contributed by atoms with Crippen LogP contribution >= 0.6 is 0 Å². The van der Waals surface area contributed by atoms with E-state index in [2.05, 4.69) is 10.5 Å². The fourth-order valence-electron chi connectivity index (χ4n) is 2.01. The van der Waals surface area contributed by atoms with Gasteiger partial charge in [-0.2, -0.15) is 5.10 Å². The van der Waals surface area contributed by atoms with Gasteiger partial charge in [0.2, 0.25) is 0 Å². The molecule has 1 N–H and O–H groups in total. The van der Waals surface area contributed by atoms with E-state index < -0.39 is 17.4 Å². The first-order valence-corrected chi connectivity index (χ1v) is 7.34. The van der Waals surface area contributed by atoms with E-state index in [1.54, 1.807) is 25.1 Å².